The fourth-order valence-corrected chi connectivity index (χ4v) is 4.27. The van der Waals surface area contributed by atoms with Crippen LogP contribution in [0.1, 0.15) is 24.3 Å². The third-order valence-corrected chi connectivity index (χ3v) is 5.49. The summed E-state index contributed by atoms with van der Waals surface area (Å²) in [5.41, 5.74) is 0.969. The zero-order valence-electron chi connectivity index (χ0n) is 15.3. The number of fused-ring (bicyclic) bond motifs is 1. The van der Waals surface area contributed by atoms with Crippen LogP contribution in [0, 0.1) is 24.7 Å². The number of carbonyl (C=O) groups is 1. The zero-order valence-corrected chi connectivity index (χ0v) is 15.3. The van der Waals surface area contributed by atoms with E-state index in [1.807, 2.05) is 24.9 Å². The molecule has 3 atom stereocenters. The summed E-state index contributed by atoms with van der Waals surface area (Å²) in [4.78, 5) is 17.0. The molecule has 2 fully saturated rings. The summed E-state index contributed by atoms with van der Waals surface area (Å²) in [7, 11) is 1.92. The Bertz CT molecular complexity index is 600. The highest BCUT2D eigenvalue weighted by Gasteiger charge is 2.42. The summed E-state index contributed by atoms with van der Waals surface area (Å²) in [5.74, 6) is 2.05. The summed E-state index contributed by atoms with van der Waals surface area (Å²) >= 11 is 0. The monoisotopic (exact) mass is 347 g/mol. The molecule has 2 saturated heterocycles. The molecule has 0 radical (unpaired) electrons. The van der Waals surface area contributed by atoms with Crippen LogP contribution in [0.4, 0.5) is 0 Å². The Morgan fingerprint density at radius 1 is 1.44 bits per heavy atom. The summed E-state index contributed by atoms with van der Waals surface area (Å²) < 4.78 is 10.9. The maximum absolute atomic E-state index is 12.7. The normalized spacial score (nSPS) is 27.8. The van der Waals surface area contributed by atoms with Crippen molar-refractivity contribution < 1.29 is 14.1 Å². The molecular formula is C19H29N3O3. The van der Waals surface area contributed by atoms with Crippen LogP contribution in [0.25, 0.3) is 0 Å². The molecule has 0 bridgehead atoms. The van der Waals surface area contributed by atoms with Crippen molar-refractivity contribution in [3.63, 3.8) is 0 Å². The first kappa shape index (κ1) is 18.1. The standard InChI is InChI=1S/C19H29N3O3/c1-4-9-24-13-15-11-21(3)19(23)18-6-8-22(7-5-17(15)18)12-16-10-14(2)25-20-16/h4,10,15,17-18H,1,5-9,11-13H2,2-3H3/t15-,17+,18+/m0/s1. The molecule has 1 aromatic rings. The van der Waals surface area contributed by atoms with Crippen LogP contribution >= 0.6 is 0 Å². The fraction of sp³-hybridized carbons (Fsp3) is 0.684. The zero-order chi connectivity index (χ0) is 17.8. The first-order valence-corrected chi connectivity index (χ1v) is 9.16. The molecule has 2 aliphatic rings. The highest BCUT2D eigenvalue weighted by molar-refractivity contribution is 5.79. The molecule has 6 nitrogen and oxygen atoms in total. The van der Waals surface area contributed by atoms with Crippen molar-refractivity contribution in [3.05, 3.63) is 30.2 Å². The second-order valence-corrected chi connectivity index (χ2v) is 7.36. The van der Waals surface area contributed by atoms with Gasteiger partial charge in [0.2, 0.25) is 5.91 Å². The lowest BCUT2D eigenvalue weighted by Gasteiger charge is -2.41. The number of hydrogen-bond acceptors (Lipinski definition) is 5. The van der Waals surface area contributed by atoms with Crippen molar-refractivity contribution in [2.45, 2.75) is 26.3 Å². The van der Waals surface area contributed by atoms with Crippen LogP contribution in [0.15, 0.2) is 23.2 Å². The molecule has 1 amide bonds. The van der Waals surface area contributed by atoms with E-state index in [0.29, 0.717) is 31.0 Å². The van der Waals surface area contributed by atoms with E-state index in [-0.39, 0.29) is 5.92 Å². The third-order valence-electron chi connectivity index (χ3n) is 5.49. The first-order chi connectivity index (χ1) is 12.1. The number of amides is 1. The number of likely N-dealkylation sites (tertiary alicyclic amines) is 2. The van der Waals surface area contributed by atoms with Gasteiger partial charge in [-0.2, -0.15) is 0 Å². The van der Waals surface area contributed by atoms with E-state index in [1.165, 1.54) is 0 Å². The van der Waals surface area contributed by atoms with E-state index in [1.54, 1.807) is 6.08 Å². The van der Waals surface area contributed by atoms with Gasteiger partial charge in [-0.1, -0.05) is 11.2 Å². The predicted molar refractivity (Wildman–Crippen MR) is 94.9 cm³/mol. The molecule has 3 rings (SSSR count). The molecule has 0 unspecified atom stereocenters. The van der Waals surface area contributed by atoms with Gasteiger partial charge >= 0.3 is 0 Å². The minimum atomic E-state index is 0.111. The number of aromatic nitrogens is 1. The molecule has 138 valence electrons. The Hall–Kier alpha value is -1.66. The van der Waals surface area contributed by atoms with Gasteiger partial charge in [-0.15, -0.1) is 6.58 Å². The van der Waals surface area contributed by atoms with E-state index in [9.17, 15) is 4.79 Å². The average Bonchev–Trinajstić information content (AvgIpc) is 2.87. The highest BCUT2D eigenvalue weighted by Crippen LogP contribution is 2.36. The van der Waals surface area contributed by atoms with Crippen LogP contribution in [-0.2, 0) is 16.1 Å². The van der Waals surface area contributed by atoms with Crippen molar-refractivity contribution in [2.75, 3.05) is 39.9 Å². The molecule has 2 aliphatic heterocycles. The summed E-state index contributed by atoms with van der Waals surface area (Å²) in [5, 5.41) is 4.10. The van der Waals surface area contributed by atoms with Crippen molar-refractivity contribution in [3.8, 4) is 0 Å². The van der Waals surface area contributed by atoms with Crippen molar-refractivity contribution in [1.29, 1.82) is 0 Å². The number of rotatable bonds is 6. The summed E-state index contributed by atoms with van der Waals surface area (Å²) in [6.07, 6.45) is 3.72. The Labute approximate surface area is 149 Å². The van der Waals surface area contributed by atoms with Gasteiger partial charge in [0, 0.05) is 38.0 Å². The molecule has 0 N–H and O–H groups in total. The lowest BCUT2D eigenvalue weighted by Crippen LogP contribution is -2.50. The Morgan fingerprint density at radius 2 is 2.24 bits per heavy atom. The minimum Gasteiger partial charge on any atom is -0.377 e. The first-order valence-electron chi connectivity index (χ1n) is 9.16. The van der Waals surface area contributed by atoms with Gasteiger partial charge in [0.15, 0.2) is 0 Å². The van der Waals surface area contributed by atoms with Crippen LogP contribution in [-0.4, -0.2) is 60.8 Å². The quantitative estimate of drug-likeness (QED) is 0.583. The smallest absolute Gasteiger partial charge is 0.225 e. The van der Waals surface area contributed by atoms with Crippen molar-refractivity contribution >= 4 is 5.91 Å². The molecule has 25 heavy (non-hydrogen) atoms. The Morgan fingerprint density at radius 3 is 2.96 bits per heavy atom. The van der Waals surface area contributed by atoms with Gasteiger partial charge in [0.25, 0.3) is 0 Å². The molecule has 6 heteroatoms. The summed E-state index contributed by atoms with van der Waals surface area (Å²) in [6.45, 7) is 10.4. The lowest BCUT2D eigenvalue weighted by molar-refractivity contribution is -0.144. The molecule has 0 saturated carbocycles. The summed E-state index contributed by atoms with van der Waals surface area (Å²) in [6, 6.07) is 1.99. The van der Waals surface area contributed by atoms with Crippen LogP contribution in [0.5, 0.6) is 0 Å². The maximum atomic E-state index is 12.7. The predicted octanol–water partition coefficient (Wildman–Crippen LogP) is 2.10. The number of piperidine rings is 1. The van der Waals surface area contributed by atoms with Gasteiger partial charge < -0.3 is 14.2 Å². The molecule has 0 spiro atoms. The van der Waals surface area contributed by atoms with Gasteiger partial charge in [-0.25, -0.2) is 0 Å². The lowest BCUT2D eigenvalue weighted by atomic mass is 9.75. The molecule has 0 aromatic carbocycles. The molecular weight excluding hydrogens is 318 g/mol. The van der Waals surface area contributed by atoms with Gasteiger partial charge in [0.05, 0.1) is 18.9 Å². The van der Waals surface area contributed by atoms with Gasteiger partial charge in [-0.3, -0.25) is 9.69 Å². The second kappa shape index (κ2) is 8.15. The number of ether oxygens (including phenoxy) is 1. The Kier molecular flexibility index (Phi) is 5.91. The van der Waals surface area contributed by atoms with E-state index in [0.717, 1.165) is 50.5 Å². The third kappa shape index (κ3) is 4.30. The van der Waals surface area contributed by atoms with Crippen molar-refractivity contribution in [2.24, 2.45) is 17.8 Å². The van der Waals surface area contributed by atoms with E-state index in [4.69, 9.17) is 9.26 Å². The van der Waals surface area contributed by atoms with Crippen LogP contribution in [0.3, 0.4) is 0 Å². The van der Waals surface area contributed by atoms with Gasteiger partial charge in [0.1, 0.15) is 5.76 Å². The Balaban J connectivity index is 1.65. The maximum Gasteiger partial charge on any atom is 0.225 e. The van der Waals surface area contributed by atoms with E-state index >= 15 is 0 Å². The number of carbonyl (C=O) groups excluding carboxylic acids is 1. The largest absolute Gasteiger partial charge is 0.377 e. The molecule has 0 aliphatic carbocycles. The van der Waals surface area contributed by atoms with Crippen LogP contribution in [0.2, 0.25) is 0 Å². The highest BCUT2D eigenvalue weighted by atomic mass is 16.5. The number of nitrogens with zero attached hydrogens (tertiary/aromatic N) is 3. The fourth-order valence-electron chi connectivity index (χ4n) is 4.27. The number of hydrogen-bond donors (Lipinski definition) is 0. The minimum absolute atomic E-state index is 0.111. The second-order valence-electron chi connectivity index (χ2n) is 7.36. The molecule has 1 aromatic heterocycles. The van der Waals surface area contributed by atoms with E-state index < -0.39 is 0 Å². The average molecular weight is 347 g/mol. The van der Waals surface area contributed by atoms with Gasteiger partial charge in [-0.05, 0) is 38.8 Å². The molecule has 3 heterocycles. The topological polar surface area (TPSA) is 58.8 Å². The SMILES string of the molecule is C=CCOC[C@@H]1CN(C)C(=O)[C@@H]2CCN(Cc3cc(C)on3)CC[C@H]12. The number of aryl methyl sites for hydroxylation is 1. The van der Waals surface area contributed by atoms with Crippen LogP contribution < -0.4 is 0 Å². The van der Waals surface area contributed by atoms with E-state index in [2.05, 4.69) is 16.6 Å². The van der Waals surface area contributed by atoms with Crippen molar-refractivity contribution in [1.82, 2.24) is 15.0 Å².